The first-order chi connectivity index (χ1) is 13.6. The van der Waals surface area contributed by atoms with Crippen molar-refractivity contribution < 1.29 is 4.79 Å². The second-order valence-electron chi connectivity index (χ2n) is 8.68. The van der Waals surface area contributed by atoms with E-state index in [1.165, 1.54) is 32.1 Å². The number of carbonyl (C=O) groups is 1. The van der Waals surface area contributed by atoms with Crippen LogP contribution < -0.4 is 0 Å². The average Bonchev–Trinajstić information content (AvgIpc) is 2.93. The van der Waals surface area contributed by atoms with Crippen LogP contribution in [0.15, 0.2) is 24.3 Å². The van der Waals surface area contributed by atoms with E-state index in [0.29, 0.717) is 11.6 Å². The third-order valence-electron chi connectivity index (χ3n) is 6.13. The lowest BCUT2D eigenvalue weighted by Crippen LogP contribution is -2.32. The maximum atomic E-state index is 13.0. The number of aromatic nitrogens is 3. The smallest absolute Gasteiger partial charge is 0.274 e. The molecule has 0 unspecified atom stereocenters. The van der Waals surface area contributed by atoms with Crippen molar-refractivity contribution in [3.8, 4) is 0 Å². The Labute approximate surface area is 167 Å². The maximum absolute atomic E-state index is 13.0. The summed E-state index contributed by atoms with van der Waals surface area (Å²) in [5.41, 5.74) is 3.63. The van der Waals surface area contributed by atoms with E-state index in [4.69, 9.17) is 4.98 Å². The van der Waals surface area contributed by atoms with Crippen LogP contribution >= 0.6 is 0 Å². The molecular formula is C23H32N4O. The molecule has 0 spiro atoms. The molecule has 28 heavy (non-hydrogen) atoms. The van der Waals surface area contributed by atoms with E-state index >= 15 is 0 Å². The average molecular weight is 381 g/mol. The molecule has 1 aliphatic heterocycles. The van der Waals surface area contributed by atoms with Gasteiger partial charge in [0.25, 0.3) is 5.91 Å². The van der Waals surface area contributed by atoms with Crippen LogP contribution in [0.5, 0.6) is 0 Å². The number of hydrogen-bond acceptors (Lipinski definition) is 3. The first-order valence-corrected chi connectivity index (χ1v) is 11.0. The Morgan fingerprint density at radius 3 is 2.50 bits per heavy atom. The first-order valence-electron chi connectivity index (χ1n) is 11.0. The van der Waals surface area contributed by atoms with Crippen molar-refractivity contribution >= 4 is 11.6 Å². The molecule has 1 fully saturated rings. The van der Waals surface area contributed by atoms with Crippen LogP contribution in [0.25, 0.3) is 5.65 Å². The van der Waals surface area contributed by atoms with Crippen LogP contribution in [0.3, 0.4) is 0 Å². The van der Waals surface area contributed by atoms with Crippen LogP contribution in [0, 0.1) is 5.92 Å². The quantitative estimate of drug-likeness (QED) is 0.718. The number of fused-ring (bicyclic) bond motifs is 1. The molecule has 1 saturated carbocycles. The minimum atomic E-state index is 0.0257. The molecule has 5 heteroatoms. The zero-order valence-corrected chi connectivity index (χ0v) is 17.2. The fourth-order valence-electron chi connectivity index (χ4n) is 4.53. The van der Waals surface area contributed by atoms with Gasteiger partial charge >= 0.3 is 0 Å². The lowest BCUT2D eigenvalue weighted by atomic mass is 9.86. The van der Waals surface area contributed by atoms with Gasteiger partial charge in [0.15, 0.2) is 11.3 Å². The number of nitrogens with zero attached hydrogens (tertiary/aromatic N) is 4. The molecule has 150 valence electrons. The van der Waals surface area contributed by atoms with Gasteiger partial charge in [-0.3, -0.25) is 4.79 Å². The minimum absolute atomic E-state index is 0.0257. The van der Waals surface area contributed by atoms with Crippen molar-refractivity contribution in [1.82, 2.24) is 19.5 Å². The van der Waals surface area contributed by atoms with Gasteiger partial charge in [0, 0.05) is 30.5 Å². The lowest BCUT2D eigenvalue weighted by molar-refractivity contribution is 0.0757. The van der Waals surface area contributed by atoms with E-state index in [1.807, 2.05) is 15.5 Å². The Hall–Kier alpha value is -2.17. The van der Waals surface area contributed by atoms with Crippen molar-refractivity contribution in [3.05, 3.63) is 41.4 Å². The van der Waals surface area contributed by atoms with E-state index in [-0.39, 0.29) is 5.91 Å². The van der Waals surface area contributed by atoms with Crippen LogP contribution in [0.2, 0.25) is 0 Å². The van der Waals surface area contributed by atoms with Gasteiger partial charge in [-0.25, -0.2) is 9.50 Å². The Kier molecular flexibility index (Phi) is 5.79. The normalized spacial score (nSPS) is 18.8. The van der Waals surface area contributed by atoms with Gasteiger partial charge in [-0.2, -0.15) is 5.10 Å². The van der Waals surface area contributed by atoms with Crippen molar-refractivity contribution in [2.45, 2.75) is 71.1 Å². The second-order valence-corrected chi connectivity index (χ2v) is 8.68. The molecule has 2 aliphatic rings. The molecule has 0 bridgehead atoms. The summed E-state index contributed by atoms with van der Waals surface area (Å²) in [5, 5.41) is 4.67. The summed E-state index contributed by atoms with van der Waals surface area (Å²) in [6, 6.07) is 4.10. The number of carbonyl (C=O) groups excluding carboxylic acids is 1. The first kappa shape index (κ1) is 19.2. The second kappa shape index (κ2) is 8.46. The Bertz CT molecular complexity index is 851. The van der Waals surface area contributed by atoms with E-state index in [1.54, 1.807) is 0 Å². The minimum Gasteiger partial charge on any atom is -0.337 e. The highest BCUT2D eigenvalue weighted by Gasteiger charge is 2.22. The van der Waals surface area contributed by atoms with E-state index in [9.17, 15) is 4.79 Å². The maximum Gasteiger partial charge on any atom is 0.274 e. The molecule has 0 atom stereocenters. The highest BCUT2D eigenvalue weighted by molar-refractivity contribution is 5.93. The summed E-state index contributed by atoms with van der Waals surface area (Å²) in [7, 11) is 0. The standard InChI is InChI=1S/C23H32N4O/c1-17(2)21-15-19(14-18-10-6-5-7-11-18)24-22-16-20(25-27(21)22)23(28)26-12-8-3-4-9-13-26/h3-4,15-18H,5-14H2,1-2H3. The van der Waals surface area contributed by atoms with Gasteiger partial charge in [0.05, 0.1) is 0 Å². The van der Waals surface area contributed by atoms with Gasteiger partial charge in [-0.1, -0.05) is 58.1 Å². The van der Waals surface area contributed by atoms with Crippen LogP contribution in [0.4, 0.5) is 0 Å². The largest absolute Gasteiger partial charge is 0.337 e. The summed E-state index contributed by atoms with van der Waals surface area (Å²) in [6.45, 7) is 5.90. The fraction of sp³-hybridized carbons (Fsp3) is 0.609. The zero-order chi connectivity index (χ0) is 19.5. The van der Waals surface area contributed by atoms with Gasteiger partial charge in [-0.05, 0) is 37.2 Å². The highest BCUT2D eigenvalue weighted by atomic mass is 16.2. The molecule has 4 rings (SSSR count). The van der Waals surface area contributed by atoms with E-state index < -0.39 is 0 Å². The van der Waals surface area contributed by atoms with Crippen molar-refractivity contribution in [3.63, 3.8) is 0 Å². The van der Waals surface area contributed by atoms with Crippen molar-refractivity contribution in [1.29, 1.82) is 0 Å². The zero-order valence-electron chi connectivity index (χ0n) is 17.2. The number of hydrogen-bond donors (Lipinski definition) is 0. The molecule has 3 heterocycles. The molecular weight excluding hydrogens is 348 g/mol. The van der Waals surface area contributed by atoms with Crippen LogP contribution in [0.1, 0.15) is 86.6 Å². The molecule has 0 aromatic carbocycles. The lowest BCUT2D eigenvalue weighted by Gasteiger charge is -2.21. The number of amides is 1. The van der Waals surface area contributed by atoms with Gasteiger partial charge < -0.3 is 4.90 Å². The summed E-state index contributed by atoms with van der Waals surface area (Å²) < 4.78 is 1.89. The monoisotopic (exact) mass is 380 g/mol. The summed E-state index contributed by atoms with van der Waals surface area (Å²) in [4.78, 5) is 19.8. The summed E-state index contributed by atoms with van der Waals surface area (Å²) in [6.07, 6.45) is 13.9. The molecule has 2 aromatic heterocycles. The molecule has 2 aromatic rings. The summed E-state index contributed by atoms with van der Waals surface area (Å²) >= 11 is 0. The SMILES string of the molecule is CC(C)c1cc(CC2CCCCC2)nc2cc(C(=O)N3CCC=CCC3)nn12. The Morgan fingerprint density at radius 1 is 1.11 bits per heavy atom. The molecule has 1 aliphatic carbocycles. The third kappa shape index (κ3) is 4.13. The fourth-order valence-corrected chi connectivity index (χ4v) is 4.53. The topological polar surface area (TPSA) is 50.5 Å². The number of rotatable bonds is 4. The highest BCUT2D eigenvalue weighted by Crippen LogP contribution is 2.28. The molecule has 0 radical (unpaired) electrons. The Morgan fingerprint density at radius 2 is 1.82 bits per heavy atom. The Balaban J connectivity index is 1.63. The predicted molar refractivity (Wildman–Crippen MR) is 112 cm³/mol. The predicted octanol–water partition coefficient (Wildman–Crippen LogP) is 4.77. The van der Waals surface area contributed by atoms with E-state index in [0.717, 1.165) is 55.3 Å². The van der Waals surface area contributed by atoms with Gasteiger partial charge in [0.1, 0.15) is 0 Å². The molecule has 0 N–H and O–H groups in total. The molecule has 1 amide bonds. The third-order valence-corrected chi connectivity index (χ3v) is 6.13. The summed E-state index contributed by atoms with van der Waals surface area (Å²) in [5.74, 6) is 1.11. The van der Waals surface area contributed by atoms with Crippen molar-refractivity contribution in [2.24, 2.45) is 5.92 Å². The van der Waals surface area contributed by atoms with Crippen LogP contribution in [-0.4, -0.2) is 38.5 Å². The van der Waals surface area contributed by atoms with Crippen LogP contribution in [-0.2, 0) is 6.42 Å². The molecule has 0 saturated heterocycles. The van der Waals surface area contributed by atoms with Crippen molar-refractivity contribution in [2.75, 3.05) is 13.1 Å². The molecule has 5 nitrogen and oxygen atoms in total. The van der Waals surface area contributed by atoms with E-state index in [2.05, 4.69) is 37.2 Å². The van der Waals surface area contributed by atoms with Gasteiger partial charge in [-0.15, -0.1) is 0 Å². The van der Waals surface area contributed by atoms with Gasteiger partial charge in [0.2, 0.25) is 0 Å².